The van der Waals surface area contributed by atoms with Gasteiger partial charge in [0.1, 0.15) is 11.2 Å². The van der Waals surface area contributed by atoms with E-state index in [1.54, 1.807) is 0 Å². The number of rotatable bonds is 3. The van der Waals surface area contributed by atoms with Gasteiger partial charge in [-0.05, 0) is 91.4 Å². The average Bonchev–Trinajstić information content (AvgIpc) is 3.65. The van der Waals surface area contributed by atoms with Gasteiger partial charge < -0.3 is 8.98 Å². The standard InChI is InChI=1S/C52H55NO/c1-49(2,3)35-29-39-46-45(40(50(4,5)6)31-42(52(10,11)12)48(46)54-47(39)41(30-35)51(7,8)9)34-25-26-44-38(28-34)37-23-16-17-24-43(37)53(44)36-22-18-21-33(27-36)32-19-14-13-15-20-32/h13-31H,1-12H3. The van der Waals surface area contributed by atoms with Crippen LogP contribution < -0.4 is 0 Å². The highest BCUT2D eigenvalue weighted by Crippen LogP contribution is 2.50. The molecule has 0 unspecified atom stereocenters. The van der Waals surface area contributed by atoms with Gasteiger partial charge in [-0.1, -0.05) is 162 Å². The minimum atomic E-state index is -0.123. The van der Waals surface area contributed by atoms with Gasteiger partial charge in [-0.2, -0.15) is 0 Å². The lowest BCUT2D eigenvalue weighted by atomic mass is 9.74. The number of nitrogens with zero attached hydrogens (tertiary/aromatic N) is 1. The van der Waals surface area contributed by atoms with Crippen LogP contribution in [0.2, 0.25) is 0 Å². The van der Waals surface area contributed by atoms with Crippen LogP contribution in [0.5, 0.6) is 0 Å². The maximum atomic E-state index is 7.23. The summed E-state index contributed by atoms with van der Waals surface area (Å²) >= 11 is 0. The third-order valence-corrected chi connectivity index (χ3v) is 11.3. The van der Waals surface area contributed by atoms with Crippen molar-refractivity contribution in [2.24, 2.45) is 0 Å². The Labute approximate surface area is 321 Å². The fourth-order valence-electron chi connectivity index (χ4n) is 8.35. The van der Waals surface area contributed by atoms with Gasteiger partial charge in [0.05, 0.1) is 11.0 Å². The molecule has 0 amide bonds. The van der Waals surface area contributed by atoms with Crippen molar-refractivity contribution in [2.45, 2.75) is 105 Å². The Balaban J connectivity index is 1.49. The molecular formula is C52H55NO. The first-order valence-corrected chi connectivity index (χ1v) is 19.6. The van der Waals surface area contributed by atoms with E-state index in [4.69, 9.17) is 4.42 Å². The average molecular weight is 710 g/mol. The van der Waals surface area contributed by atoms with E-state index in [1.807, 2.05) is 0 Å². The molecule has 274 valence electrons. The first-order valence-electron chi connectivity index (χ1n) is 19.6. The molecule has 8 aromatic rings. The molecule has 0 spiro atoms. The summed E-state index contributed by atoms with van der Waals surface area (Å²) in [6, 6.07) is 42.9. The molecule has 0 aliphatic heterocycles. The lowest BCUT2D eigenvalue weighted by molar-refractivity contribution is 0.547. The van der Waals surface area contributed by atoms with Crippen molar-refractivity contribution in [1.82, 2.24) is 4.57 Å². The molecule has 0 fully saturated rings. The topological polar surface area (TPSA) is 18.1 Å². The predicted molar refractivity (Wildman–Crippen MR) is 234 cm³/mol. The van der Waals surface area contributed by atoms with Crippen LogP contribution in [0.25, 0.3) is 71.7 Å². The van der Waals surface area contributed by atoms with Gasteiger partial charge in [0.25, 0.3) is 0 Å². The third-order valence-electron chi connectivity index (χ3n) is 11.3. The van der Waals surface area contributed by atoms with Crippen molar-refractivity contribution in [1.29, 1.82) is 0 Å². The molecule has 2 nitrogen and oxygen atoms in total. The Hall–Kier alpha value is -5.08. The lowest BCUT2D eigenvalue weighted by Gasteiger charge is -2.29. The molecule has 8 rings (SSSR count). The van der Waals surface area contributed by atoms with Crippen molar-refractivity contribution in [2.75, 3.05) is 0 Å². The first kappa shape index (κ1) is 35.9. The molecule has 6 aromatic carbocycles. The summed E-state index contributed by atoms with van der Waals surface area (Å²) in [5.41, 5.74) is 15.4. The van der Waals surface area contributed by atoms with Crippen molar-refractivity contribution >= 4 is 43.7 Å². The monoisotopic (exact) mass is 709 g/mol. The molecular weight excluding hydrogens is 655 g/mol. The zero-order valence-corrected chi connectivity index (χ0v) is 34.3. The maximum absolute atomic E-state index is 7.23. The molecule has 0 N–H and O–H groups in total. The molecule has 2 aromatic heterocycles. The molecule has 2 heteroatoms. The molecule has 0 atom stereocenters. The van der Waals surface area contributed by atoms with E-state index < -0.39 is 0 Å². The van der Waals surface area contributed by atoms with Crippen molar-refractivity contribution in [3.05, 3.63) is 138 Å². The number of furan rings is 1. The highest BCUT2D eigenvalue weighted by Gasteiger charge is 2.33. The Kier molecular flexibility index (Phi) is 8.13. The van der Waals surface area contributed by atoms with Gasteiger partial charge in [0, 0.05) is 38.4 Å². The summed E-state index contributed by atoms with van der Waals surface area (Å²) < 4.78 is 9.66. The normalized spacial score (nSPS) is 13.2. The minimum Gasteiger partial charge on any atom is -0.455 e. The zero-order valence-electron chi connectivity index (χ0n) is 34.3. The van der Waals surface area contributed by atoms with Crippen molar-refractivity contribution in [3.63, 3.8) is 0 Å². The van der Waals surface area contributed by atoms with E-state index in [1.165, 1.54) is 77.1 Å². The summed E-state index contributed by atoms with van der Waals surface area (Å²) in [5.74, 6) is 0. The van der Waals surface area contributed by atoms with Gasteiger partial charge in [0.2, 0.25) is 0 Å². The second kappa shape index (κ2) is 12.2. The van der Waals surface area contributed by atoms with Gasteiger partial charge in [-0.25, -0.2) is 0 Å². The van der Waals surface area contributed by atoms with E-state index in [0.717, 1.165) is 16.9 Å². The Morgan fingerprint density at radius 2 is 1.02 bits per heavy atom. The Morgan fingerprint density at radius 3 is 1.69 bits per heavy atom. The molecule has 0 saturated heterocycles. The van der Waals surface area contributed by atoms with Gasteiger partial charge >= 0.3 is 0 Å². The molecule has 0 radical (unpaired) electrons. The summed E-state index contributed by atoms with van der Waals surface area (Å²) in [5, 5.41) is 4.95. The van der Waals surface area contributed by atoms with Crippen LogP contribution in [0.15, 0.2) is 120 Å². The smallest absolute Gasteiger partial charge is 0.139 e. The van der Waals surface area contributed by atoms with Crippen LogP contribution in [-0.2, 0) is 21.7 Å². The van der Waals surface area contributed by atoms with Crippen molar-refractivity contribution in [3.8, 4) is 27.9 Å². The lowest BCUT2D eigenvalue weighted by Crippen LogP contribution is -2.18. The van der Waals surface area contributed by atoms with Gasteiger partial charge in [0.15, 0.2) is 0 Å². The first-order chi connectivity index (χ1) is 25.3. The predicted octanol–water partition coefficient (Wildman–Crippen LogP) is 15.2. The maximum Gasteiger partial charge on any atom is 0.139 e. The quantitative estimate of drug-likeness (QED) is 0.179. The van der Waals surface area contributed by atoms with Crippen LogP contribution in [0.1, 0.15) is 105 Å². The zero-order chi connectivity index (χ0) is 38.5. The fraction of sp³-hybridized carbons (Fsp3) is 0.308. The number of benzene rings is 6. The molecule has 0 aliphatic carbocycles. The highest BCUT2D eigenvalue weighted by molar-refractivity contribution is 6.17. The summed E-state index contributed by atoms with van der Waals surface area (Å²) in [4.78, 5) is 0. The number of fused-ring (bicyclic) bond motifs is 6. The van der Waals surface area contributed by atoms with E-state index in [2.05, 4.69) is 203 Å². The van der Waals surface area contributed by atoms with Crippen LogP contribution in [-0.4, -0.2) is 4.57 Å². The molecule has 2 heterocycles. The number of hydrogen-bond acceptors (Lipinski definition) is 1. The number of hydrogen-bond donors (Lipinski definition) is 0. The van der Waals surface area contributed by atoms with Crippen LogP contribution in [0.4, 0.5) is 0 Å². The second-order valence-corrected chi connectivity index (χ2v) is 19.6. The molecule has 54 heavy (non-hydrogen) atoms. The Morgan fingerprint density at radius 1 is 0.407 bits per heavy atom. The van der Waals surface area contributed by atoms with Gasteiger partial charge in [-0.15, -0.1) is 0 Å². The van der Waals surface area contributed by atoms with Gasteiger partial charge in [-0.3, -0.25) is 0 Å². The van der Waals surface area contributed by atoms with Crippen LogP contribution >= 0.6 is 0 Å². The van der Waals surface area contributed by atoms with Crippen molar-refractivity contribution < 1.29 is 4.42 Å². The van der Waals surface area contributed by atoms with E-state index in [0.29, 0.717) is 0 Å². The van der Waals surface area contributed by atoms with E-state index >= 15 is 0 Å². The third kappa shape index (κ3) is 5.95. The largest absolute Gasteiger partial charge is 0.455 e. The second-order valence-electron chi connectivity index (χ2n) is 19.6. The number of para-hydroxylation sites is 1. The molecule has 0 bridgehead atoms. The van der Waals surface area contributed by atoms with E-state index in [9.17, 15) is 0 Å². The highest BCUT2D eigenvalue weighted by atomic mass is 16.3. The number of aromatic nitrogens is 1. The summed E-state index contributed by atoms with van der Waals surface area (Å²) in [6.07, 6.45) is 0. The fourth-order valence-corrected chi connectivity index (χ4v) is 8.35. The molecule has 0 saturated carbocycles. The SMILES string of the molecule is CC(C)(C)c1cc(C(C)(C)C)c2oc3c(C(C)(C)C)cc(C(C)(C)C)c(-c4ccc5c(c4)c4ccccc4n5-c4cccc(-c5ccccc5)c4)c3c2c1. The van der Waals surface area contributed by atoms with E-state index in [-0.39, 0.29) is 21.7 Å². The molecule has 0 aliphatic rings. The summed E-state index contributed by atoms with van der Waals surface area (Å²) in [7, 11) is 0. The minimum absolute atomic E-state index is 0.0228. The summed E-state index contributed by atoms with van der Waals surface area (Å²) in [6.45, 7) is 27.9. The van der Waals surface area contributed by atoms with Crippen LogP contribution in [0.3, 0.4) is 0 Å². The Bertz CT molecular complexity index is 2720. The van der Waals surface area contributed by atoms with Crippen LogP contribution in [0, 0.1) is 0 Å².